The average molecular weight is 1610 g/mol. The fraction of sp³-hybridized carbons (Fsp3) is 0.705. The van der Waals surface area contributed by atoms with E-state index in [9.17, 15) is 86.3 Å². The van der Waals surface area contributed by atoms with Gasteiger partial charge in [-0.15, -0.1) is 0 Å². The van der Waals surface area contributed by atoms with Gasteiger partial charge in [0, 0.05) is 0 Å². The van der Waals surface area contributed by atoms with Crippen molar-refractivity contribution in [3.8, 4) is 0 Å². The van der Waals surface area contributed by atoms with Crippen molar-refractivity contribution in [2.24, 2.45) is 107 Å². The third kappa shape index (κ3) is 27.4. The van der Waals surface area contributed by atoms with Gasteiger partial charge in [0.25, 0.3) is 0 Å². The summed E-state index contributed by atoms with van der Waals surface area (Å²) in [6, 6.07) is 0. The van der Waals surface area contributed by atoms with Crippen LogP contribution >= 0.6 is 0 Å². The fourth-order valence-corrected chi connectivity index (χ4v) is 17.8. The Morgan fingerprint density at radius 1 is 0.270 bits per heavy atom. The predicted octanol–water partition coefficient (Wildman–Crippen LogP) is 14.2. The summed E-state index contributed by atoms with van der Waals surface area (Å²) >= 11 is 0. The van der Waals surface area contributed by atoms with Gasteiger partial charge in [-0.2, -0.15) is 0 Å². The maximum Gasteiger partial charge on any atom is 0.321 e. The van der Waals surface area contributed by atoms with E-state index in [2.05, 4.69) is 56.5 Å². The lowest BCUT2D eigenvalue weighted by Gasteiger charge is -2.18. The van der Waals surface area contributed by atoms with Gasteiger partial charge in [0.05, 0.1) is 109 Å². The highest BCUT2D eigenvalue weighted by Crippen LogP contribution is 2.57. The van der Waals surface area contributed by atoms with Crippen molar-refractivity contribution < 1.29 is 129 Å². The Balaban J connectivity index is 0.000000201. The Hall–Kier alpha value is -8.78. The molecular formula is C88H122O27. The molecule has 27 nitrogen and oxygen atoms in total. The van der Waals surface area contributed by atoms with Crippen molar-refractivity contribution in [3.05, 3.63) is 48.6 Å². The molecule has 0 amide bonds. The van der Waals surface area contributed by atoms with Gasteiger partial charge in [-0.3, -0.25) is 86.3 Å². The molecule has 0 aromatic rings. The van der Waals surface area contributed by atoms with Crippen LogP contribution in [0, 0.1) is 107 Å². The predicted molar refractivity (Wildman–Crippen MR) is 411 cm³/mol. The molecule has 0 aromatic heterocycles. The maximum absolute atomic E-state index is 11.2. The van der Waals surface area contributed by atoms with Gasteiger partial charge in [-0.1, -0.05) is 194 Å². The highest BCUT2D eigenvalue weighted by Gasteiger charge is 2.61. The zero-order valence-electron chi connectivity index (χ0n) is 68.5. The van der Waals surface area contributed by atoms with E-state index >= 15 is 0 Å². The minimum Gasteiger partial charge on any atom is -0.393 e. The molecule has 9 aliphatic heterocycles. The zero-order valence-corrected chi connectivity index (χ0v) is 68.5. The number of ether oxygens (including phenoxy) is 9. The van der Waals surface area contributed by atoms with Crippen molar-refractivity contribution in [1.29, 1.82) is 0 Å². The summed E-state index contributed by atoms with van der Waals surface area (Å²) < 4.78 is 40.3. The Morgan fingerprint density at radius 2 is 0.513 bits per heavy atom. The molecule has 27 heteroatoms. The van der Waals surface area contributed by atoms with E-state index in [1.54, 1.807) is 6.08 Å². The zero-order chi connectivity index (χ0) is 84.3. The molecule has 18 unspecified atom stereocenters. The summed E-state index contributed by atoms with van der Waals surface area (Å²) in [7, 11) is 0. The first kappa shape index (κ1) is 95.1. The lowest BCUT2D eigenvalue weighted by molar-refractivity contribution is -0.156. The molecule has 18 atom stereocenters. The van der Waals surface area contributed by atoms with Gasteiger partial charge in [-0.05, 0) is 139 Å². The van der Waals surface area contributed by atoms with Crippen LogP contribution in [0.1, 0.15) is 287 Å². The number of rotatable bonds is 16. The van der Waals surface area contributed by atoms with E-state index in [1.165, 1.54) is 70.6 Å². The van der Waals surface area contributed by atoms with E-state index in [-0.39, 0.29) is 180 Å². The van der Waals surface area contributed by atoms with E-state index in [0.29, 0.717) is 49.4 Å². The molecule has 115 heavy (non-hydrogen) atoms. The Kier molecular flexibility index (Phi) is 40.8. The Labute approximate surface area is 675 Å². The van der Waals surface area contributed by atoms with Crippen molar-refractivity contribution in [1.82, 2.24) is 0 Å². The molecule has 8 aliphatic carbocycles. The van der Waals surface area contributed by atoms with Crippen LogP contribution in [-0.2, 0) is 129 Å². The number of allylic oxidation sites excluding steroid dienone is 6. The number of hydrogen-bond donors (Lipinski definition) is 0. The minimum absolute atomic E-state index is 0.0590. The maximum atomic E-state index is 11.2. The van der Waals surface area contributed by atoms with Gasteiger partial charge in [0.15, 0.2) is 0 Å². The van der Waals surface area contributed by atoms with Crippen LogP contribution in [0.5, 0.6) is 0 Å². The summed E-state index contributed by atoms with van der Waals surface area (Å²) in [6.07, 6.45) is 50.5. The molecule has 0 spiro atoms. The van der Waals surface area contributed by atoms with Gasteiger partial charge in [0.1, 0.15) is 0 Å². The number of hydrogen-bond acceptors (Lipinski definition) is 27. The highest BCUT2D eigenvalue weighted by molar-refractivity contribution is 6.01. The lowest BCUT2D eigenvalue weighted by atomic mass is 9.81. The van der Waals surface area contributed by atoms with E-state index in [0.717, 1.165) is 109 Å². The van der Waals surface area contributed by atoms with E-state index in [1.807, 2.05) is 84.1 Å². The van der Waals surface area contributed by atoms with Crippen LogP contribution in [0.25, 0.3) is 0 Å². The molecule has 9 saturated heterocycles. The Morgan fingerprint density at radius 3 is 0.757 bits per heavy atom. The molecule has 15 fully saturated rings. The van der Waals surface area contributed by atoms with Crippen LogP contribution in [0.2, 0.25) is 0 Å². The average Bonchev–Trinajstić information content (AvgIpc) is 1.59. The van der Waals surface area contributed by atoms with Crippen LogP contribution in [0.4, 0.5) is 0 Å². The summed E-state index contributed by atoms with van der Waals surface area (Å²) in [6.45, 7) is 16.4. The second kappa shape index (κ2) is 49.3. The summed E-state index contributed by atoms with van der Waals surface area (Å²) in [5.41, 5.74) is 0. The number of fused-ring (bicyclic) bond motifs is 14. The topological polar surface area (TPSA) is 390 Å². The smallest absolute Gasteiger partial charge is 0.321 e. The normalized spacial score (nSPS) is 31.5. The van der Waals surface area contributed by atoms with Gasteiger partial charge >= 0.3 is 107 Å². The molecule has 0 N–H and O–H groups in total. The molecule has 17 rings (SSSR count). The van der Waals surface area contributed by atoms with Crippen LogP contribution in [-0.4, -0.2) is 107 Å². The molecule has 9 heterocycles. The summed E-state index contributed by atoms with van der Waals surface area (Å²) in [4.78, 5) is 196. The standard InChI is InChI=1S/C16H26O3.C12H18O3.2C9H10O3.2C8H10O3.2C8H8O3.C4H4O3.3C2H6/c1-2-3-4-5-6-7-8-9-10-11-12-14-13-15(17)19-16(14)18;1-2-3-4-5-6-7-8-10-9-11(13)15-12(10)14;2*10-8-6-4-1-2-5(3-4)7(6)9(11)12-8;4*9-7-5-3-1-2-4-6(5)8(10)11-7;5-3-1-2-4(6)7-3;3*1-2/h11-12,14H,2-10,13H2,1H3;7-8,10H,2-6,9H2,1H3;2*4-7H,1-3H2;2*5-6H,1-4H2;2*1-2,5-6H,3-4H2;1-2H2;3*1-2H3/b12-11+;8-7+;;;;;;;;;;. The highest BCUT2D eigenvalue weighted by atomic mass is 16.6. The second-order valence-corrected chi connectivity index (χ2v) is 31.0. The molecule has 0 radical (unpaired) electrons. The summed E-state index contributed by atoms with van der Waals surface area (Å²) in [5.74, 6) is -6.16. The summed E-state index contributed by atoms with van der Waals surface area (Å²) in [5, 5.41) is 0. The Bertz CT molecular complexity index is 3240. The molecular weight excluding hydrogens is 1490 g/mol. The van der Waals surface area contributed by atoms with Gasteiger partial charge in [-0.25, -0.2) is 0 Å². The largest absolute Gasteiger partial charge is 0.393 e. The first-order valence-corrected chi connectivity index (χ1v) is 42.8. The molecule has 6 saturated carbocycles. The van der Waals surface area contributed by atoms with Crippen molar-refractivity contribution >= 4 is 107 Å². The molecule has 0 aromatic carbocycles. The van der Waals surface area contributed by atoms with Crippen LogP contribution in [0.3, 0.4) is 0 Å². The van der Waals surface area contributed by atoms with Gasteiger partial charge in [0.2, 0.25) is 0 Å². The van der Waals surface area contributed by atoms with E-state index < -0.39 is 35.8 Å². The SMILES string of the molecule is CC.CC.CC.CCCCCC/C=C/C1CC(=O)OC1=O.CCCCCCCCCC/C=C/C1CC(=O)OC1=O.O=C1CCC(=O)O1.O=C1OC(=O)C2C3CCC(C3)C12.O=C1OC(=O)C2C3CCC(C3)C12.O=C1OC(=O)C2CC=CCC12.O=C1OC(=O)C2CC=CCC12.O=C1OC(=O)C2CCCCC12.O=C1OC(=O)C2CCCCC12. The monoisotopic (exact) mass is 1610 g/mol. The second-order valence-electron chi connectivity index (χ2n) is 31.0. The molecule has 17 aliphatic rings. The van der Waals surface area contributed by atoms with Crippen molar-refractivity contribution in [3.63, 3.8) is 0 Å². The number of carbonyl (C=O) groups excluding carboxylic acids is 18. The third-order valence-corrected chi connectivity index (χ3v) is 23.7. The van der Waals surface area contributed by atoms with Crippen molar-refractivity contribution in [2.45, 2.75) is 287 Å². The number of carbonyl (C=O) groups is 18. The van der Waals surface area contributed by atoms with Crippen LogP contribution in [0.15, 0.2) is 48.6 Å². The fourth-order valence-electron chi connectivity index (χ4n) is 17.8. The van der Waals surface area contributed by atoms with Crippen molar-refractivity contribution in [2.75, 3.05) is 0 Å². The first-order valence-electron chi connectivity index (χ1n) is 42.8. The number of unbranched alkanes of at least 4 members (excludes halogenated alkanes) is 12. The molecule has 4 bridgehead atoms. The lowest BCUT2D eigenvalue weighted by Crippen LogP contribution is -2.24. The first-order chi connectivity index (χ1) is 55.5. The molecule has 636 valence electrons. The third-order valence-electron chi connectivity index (χ3n) is 23.7. The van der Waals surface area contributed by atoms with Crippen LogP contribution < -0.4 is 0 Å². The number of esters is 18. The minimum atomic E-state index is -0.402. The van der Waals surface area contributed by atoms with Gasteiger partial charge < -0.3 is 42.6 Å². The van der Waals surface area contributed by atoms with E-state index in [4.69, 9.17) is 0 Å². The number of cyclic esters (lactones) is 18. The quantitative estimate of drug-likeness (QED) is 0.0455.